The molecule has 1 aliphatic heterocycles. The average Bonchev–Trinajstić information content (AvgIpc) is 2.69. The molecule has 0 aromatic heterocycles. The average molecular weight is 384 g/mol. The second-order valence-electron chi connectivity index (χ2n) is 8.95. The number of aliphatic hydroxyl groups is 2. The number of hydrogen-bond donors (Lipinski definition) is 2. The van der Waals surface area contributed by atoms with Crippen molar-refractivity contribution >= 4 is 0 Å². The van der Waals surface area contributed by atoms with Crippen molar-refractivity contribution in [2.45, 2.75) is 50.7 Å². The molecule has 0 bridgehead atoms. The van der Waals surface area contributed by atoms with Crippen molar-refractivity contribution in [3.8, 4) is 5.75 Å². The molecule has 28 heavy (non-hydrogen) atoms. The monoisotopic (exact) mass is 383 g/mol. The summed E-state index contributed by atoms with van der Waals surface area (Å²) in [6, 6.07) is 16.0. The summed E-state index contributed by atoms with van der Waals surface area (Å²) < 4.78 is 5.20. The molecular weight excluding hydrogens is 350 g/mol. The standard InChI is InChI=1S/C24H33NO3/c1-23(2,3)19-7-5-18(6-8-19)22(26)17-25-15-13-24(27,14-16-25)20-9-11-21(28-4)12-10-20/h5-12,22,26-27H,13-17H2,1-4H3/t22-/m0/s1. The van der Waals surface area contributed by atoms with E-state index in [0.29, 0.717) is 19.4 Å². The Bertz CT molecular complexity index is 754. The van der Waals surface area contributed by atoms with Gasteiger partial charge in [0.25, 0.3) is 0 Å². The van der Waals surface area contributed by atoms with Crippen LogP contribution in [0.5, 0.6) is 5.75 Å². The molecule has 4 heteroatoms. The maximum absolute atomic E-state index is 11.1. The van der Waals surface area contributed by atoms with Crippen LogP contribution >= 0.6 is 0 Å². The predicted octanol–water partition coefficient (Wildman–Crippen LogP) is 4.01. The quantitative estimate of drug-likeness (QED) is 0.819. The first-order valence-electron chi connectivity index (χ1n) is 10.1. The van der Waals surface area contributed by atoms with E-state index in [9.17, 15) is 10.2 Å². The summed E-state index contributed by atoms with van der Waals surface area (Å²) in [5.41, 5.74) is 2.46. The molecule has 3 rings (SSSR count). The Morgan fingerprint density at radius 3 is 2.07 bits per heavy atom. The number of piperidine rings is 1. The molecule has 0 unspecified atom stereocenters. The van der Waals surface area contributed by atoms with Crippen molar-refractivity contribution in [2.75, 3.05) is 26.7 Å². The van der Waals surface area contributed by atoms with Crippen molar-refractivity contribution in [2.24, 2.45) is 0 Å². The molecule has 2 aromatic carbocycles. The van der Waals surface area contributed by atoms with Crippen molar-refractivity contribution in [1.29, 1.82) is 0 Å². The van der Waals surface area contributed by atoms with Gasteiger partial charge in [-0.1, -0.05) is 57.2 Å². The van der Waals surface area contributed by atoms with Crippen molar-refractivity contribution < 1.29 is 14.9 Å². The highest BCUT2D eigenvalue weighted by atomic mass is 16.5. The lowest BCUT2D eigenvalue weighted by molar-refractivity contribution is -0.0345. The Kier molecular flexibility index (Phi) is 6.13. The summed E-state index contributed by atoms with van der Waals surface area (Å²) in [7, 11) is 1.64. The van der Waals surface area contributed by atoms with E-state index in [1.807, 2.05) is 36.4 Å². The fourth-order valence-corrected chi connectivity index (χ4v) is 3.85. The van der Waals surface area contributed by atoms with Gasteiger partial charge in [-0.2, -0.15) is 0 Å². The fraction of sp³-hybridized carbons (Fsp3) is 0.500. The van der Waals surface area contributed by atoms with Gasteiger partial charge in [-0.05, 0) is 47.1 Å². The summed E-state index contributed by atoms with van der Waals surface area (Å²) in [6.07, 6.45) is 0.811. The van der Waals surface area contributed by atoms with Crippen molar-refractivity contribution in [1.82, 2.24) is 4.90 Å². The largest absolute Gasteiger partial charge is 0.497 e. The molecule has 0 radical (unpaired) electrons. The van der Waals surface area contributed by atoms with Crippen LogP contribution in [-0.4, -0.2) is 41.9 Å². The zero-order chi connectivity index (χ0) is 20.4. The lowest BCUT2D eigenvalue weighted by Crippen LogP contribution is -2.43. The molecular formula is C24H33NO3. The van der Waals surface area contributed by atoms with Gasteiger partial charge < -0.3 is 19.8 Å². The summed E-state index contributed by atoms with van der Waals surface area (Å²) in [6.45, 7) is 8.69. The Hall–Kier alpha value is -1.88. The number of benzene rings is 2. The lowest BCUT2D eigenvalue weighted by Gasteiger charge is -2.39. The van der Waals surface area contributed by atoms with Crippen LogP contribution in [0.1, 0.15) is 56.4 Å². The first kappa shape index (κ1) is 20.8. The van der Waals surface area contributed by atoms with E-state index in [0.717, 1.165) is 30.0 Å². The summed E-state index contributed by atoms with van der Waals surface area (Å²) in [5, 5.41) is 21.7. The van der Waals surface area contributed by atoms with Crippen LogP contribution in [0.15, 0.2) is 48.5 Å². The molecule has 2 aromatic rings. The lowest BCUT2D eigenvalue weighted by atomic mass is 9.84. The van der Waals surface area contributed by atoms with Gasteiger partial charge in [-0.15, -0.1) is 0 Å². The molecule has 152 valence electrons. The molecule has 0 spiro atoms. The first-order chi connectivity index (χ1) is 13.2. The number of likely N-dealkylation sites (tertiary alicyclic amines) is 1. The molecule has 0 amide bonds. The maximum Gasteiger partial charge on any atom is 0.118 e. The van der Waals surface area contributed by atoms with Crippen LogP contribution in [0.3, 0.4) is 0 Å². The minimum absolute atomic E-state index is 0.113. The molecule has 0 aliphatic carbocycles. The number of β-amino-alcohol motifs (C(OH)–C–C–N with tert-alkyl or cyclic N) is 1. The smallest absolute Gasteiger partial charge is 0.118 e. The molecule has 1 aliphatic rings. The summed E-state index contributed by atoms with van der Waals surface area (Å²) in [5.74, 6) is 0.797. The molecule has 2 N–H and O–H groups in total. The number of ether oxygens (including phenoxy) is 1. The molecule has 1 fully saturated rings. The number of hydrogen-bond acceptors (Lipinski definition) is 4. The van der Waals surface area contributed by atoms with E-state index in [2.05, 4.69) is 37.8 Å². The summed E-state index contributed by atoms with van der Waals surface area (Å²) in [4.78, 5) is 2.24. The van der Waals surface area contributed by atoms with Crippen molar-refractivity contribution in [3.05, 3.63) is 65.2 Å². The first-order valence-corrected chi connectivity index (χ1v) is 10.1. The number of rotatable bonds is 5. The molecule has 1 atom stereocenters. The highest BCUT2D eigenvalue weighted by molar-refractivity contribution is 5.31. The summed E-state index contributed by atoms with van der Waals surface area (Å²) >= 11 is 0. The maximum atomic E-state index is 11.1. The third kappa shape index (κ3) is 4.75. The van der Waals surface area contributed by atoms with Gasteiger partial charge in [0.05, 0.1) is 18.8 Å². The van der Waals surface area contributed by atoms with Crippen LogP contribution in [0.4, 0.5) is 0 Å². The second-order valence-corrected chi connectivity index (χ2v) is 8.95. The van der Waals surface area contributed by atoms with Gasteiger partial charge in [0, 0.05) is 19.6 Å². The Morgan fingerprint density at radius 2 is 1.57 bits per heavy atom. The van der Waals surface area contributed by atoms with Gasteiger partial charge >= 0.3 is 0 Å². The van der Waals surface area contributed by atoms with Gasteiger partial charge in [-0.3, -0.25) is 0 Å². The van der Waals surface area contributed by atoms with Gasteiger partial charge in [0.2, 0.25) is 0 Å². The predicted molar refractivity (Wildman–Crippen MR) is 113 cm³/mol. The Labute approximate surface area is 168 Å². The molecule has 1 heterocycles. The van der Waals surface area contributed by atoms with E-state index in [-0.39, 0.29) is 5.41 Å². The zero-order valence-corrected chi connectivity index (χ0v) is 17.5. The van der Waals surface area contributed by atoms with Crippen LogP contribution in [0.2, 0.25) is 0 Å². The zero-order valence-electron chi connectivity index (χ0n) is 17.5. The number of nitrogens with zero attached hydrogens (tertiary/aromatic N) is 1. The SMILES string of the molecule is COc1ccc(C2(O)CCN(C[C@H](O)c3ccc(C(C)(C)C)cc3)CC2)cc1. The second kappa shape index (κ2) is 8.24. The van der Waals surface area contributed by atoms with Gasteiger partial charge in [0.15, 0.2) is 0 Å². The number of aliphatic hydroxyl groups excluding tert-OH is 1. The van der Waals surface area contributed by atoms with Gasteiger partial charge in [-0.25, -0.2) is 0 Å². The fourth-order valence-electron chi connectivity index (χ4n) is 3.85. The molecule has 4 nitrogen and oxygen atoms in total. The molecule has 1 saturated heterocycles. The van der Waals surface area contributed by atoms with Crippen LogP contribution in [-0.2, 0) is 11.0 Å². The minimum atomic E-state index is -0.803. The third-order valence-corrected chi connectivity index (χ3v) is 5.90. The Balaban J connectivity index is 1.57. The van der Waals surface area contributed by atoms with E-state index in [1.54, 1.807) is 7.11 Å². The van der Waals surface area contributed by atoms with Gasteiger partial charge in [0.1, 0.15) is 5.75 Å². The van der Waals surface area contributed by atoms with Crippen LogP contribution in [0, 0.1) is 0 Å². The van der Waals surface area contributed by atoms with Crippen LogP contribution in [0.25, 0.3) is 0 Å². The number of methoxy groups -OCH3 is 1. The normalized spacial score (nSPS) is 18.6. The molecule has 0 saturated carbocycles. The topological polar surface area (TPSA) is 52.9 Å². The minimum Gasteiger partial charge on any atom is -0.497 e. The third-order valence-electron chi connectivity index (χ3n) is 5.90. The van der Waals surface area contributed by atoms with E-state index >= 15 is 0 Å². The van der Waals surface area contributed by atoms with E-state index in [4.69, 9.17) is 4.74 Å². The van der Waals surface area contributed by atoms with E-state index < -0.39 is 11.7 Å². The van der Waals surface area contributed by atoms with E-state index in [1.165, 1.54) is 5.56 Å². The Morgan fingerprint density at radius 1 is 1.00 bits per heavy atom. The van der Waals surface area contributed by atoms with Crippen molar-refractivity contribution in [3.63, 3.8) is 0 Å². The highest BCUT2D eigenvalue weighted by Gasteiger charge is 2.34. The van der Waals surface area contributed by atoms with Crippen LogP contribution < -0.4 is 4.74 Å². The highest BCUT2D eigenvalue weighted by Crippen LogP contribution is 2.34.